The first-order valence-electron chi connectivity index (χ1n) is 4.09. The van der Waals surface area contributed by atoms with Gasteiger partial charge in [0, 0.05) is 12.4 Å². The van der Waals surface area contributed by atoms with Crippen molar-refractivity contribution in [2.24, 2.45) is 0 Å². The summed E-state index contributed by atoms with van der Waals surface area (Å²) >= 11 is 0. The highest BCUT2D eigenvalue weighted by Crippen LogP contribution is 2.14. The lowest BCUT2D eigenvalue weighted by Crippen LogP contribution is -1.90. The van der Waals surface area contributed by atoms with Crippen LogP contribution in [0.15, 0.2) is 43.0 Å². The molecule has 2 rings (SSSR count). The van der Waals surface area contributed by atoms with Gasteiger partial charge in [-0.15, -0.1) is 0 Å². The molecule has 0 saturated carbocycles. The maximum absolute atomic E-state index is 10.1. The van der Waals surface area contributed by atoms with Crippen molar-refractivity contribution < 1.29 is 9.53 Å². The van der Waals surface area contributed by atoms with Crippen molar-refractivity contribution in [1.82, 2.24) is 9.55 Å². The number of aromatic nitrogens is 2. The van der Waals surface area contributed by atoms with Gasteiger partial charge in [-0.05, 0) is 18.2 Å². The van der Waals surface area contributed by atoms with Gasteiger partial charge in [0.1, 0.15) is 5.75 Å². The highest BCUT2D eigenvalue weighted by atomic mass is 16.5. The summed E-state index contributed by atoms with van der Waals surface area (Å²) in [5.41, 5.74) is 0.924. The van der Waals surface area contributed by atoms with Crippen LogP contribution in [0, 0.1) is 0 Å². The lowest BCUT2D eigenvalue weighted by Gasteiger charge is -1.99. The monoisotopic (exact) mass is 188 g/mol. The van der Waals surface area contributed by atoms with E-state index in [9.17, 15) is 4.79 Å². The Morgan fingerprint density at radius 1 is 1.43 bits per heavy atom. The van der Waals surface area contributed by atoms with Gasteiger partial charge in [0.2, 0.25) is 0 Å². The van der Waals surface area contributed by atoms with E-state index in [4.69, 9.17) is 0 Å². The van der Waals surface area contributed by atoms with Crippen LogP contribution in [0.1, 0.15) is 0 Å². The molecule has 0 atom stereocenters. The van der Waals surface area contributed by atoms with E-state index < -0.39 is 0 Å². The summed E-state index contributed by atoms with van der Waals surface area (Å²) in [5.74, 6) is 0.517. The lowest BCUT2D eigenvalue weighted by atomic mass is 10.4. The van der Waals surface area contributed by atoms with Crippen molar-refractivity contribution in [1.29, 1.82) is 0 Å². The molecule has 0 aliphatic rings. The molecule has 0 amide bonds. The first-order chi connectivity index (χ1) is 6.90. The summed E-state index contributed by atoms with van der Waals surface area (Å²) in [6, 6.07) is 5.47. The summed E-state index contributed by atoms with van der Waals surface area (Å²) in [7, 11) is 0. The van der Waals surface area contributed by atoms with Crippen molar-refractivity contribution >= 4 is 6.47 Å². The second-order valence-corrected chi connectivity index (χ2v) is 2.68. The lowest BCUT2D eigenvalue weighted by molar-refractivity contribution is -0.120. The Morgan fingerprint density at radius 3 is 3.07 bits per heavy atom. The Hall–Kier alpha value is -2.10. The average molecular weight is 188 g/mol. The molecular formula is C10H8N2O2. The van der Waals surface area contributed by atoms with Crippen molar-refractivity contribution in [2.45, 2.75) is 0 Å². The first-order valence-corrected chi connectivity index (χ1v) is 4.09. The fourth-order valence-corrected chi connectivity index (χ4v) is 1.17. The van der Waals surface area contributed by atoms with Gasteiger partial charge < -0.3 is 9.30 Å². The standard InChI is InChI=1S/C10H8N2O2/c13-8-14-10-3-5-12(7-10)9-2-1-4-11-6-9/h1-8H. The molecule has 0 saturated heterocycles. The Kier molecular flexibility index (Phi) is 2.27. The summed E-state index contributed by atoms with van der Waals surface area (Å²) in [6.07, 6.45) is 6.95. The molecule has 0 spiro atoms. The number of carbonyl (C=O) groups is 1. The maximum atomic E-state index is 10.1. The van der Waals surface area contributed by atoms with Crippen LogP contribution < -0.4 is 4.74 Å². The minimum atomic E-state index is 0.406. The number of carbonyl (C=O) groups excluding carboxylic acids is 1. The molecule has 0 aromatic carbocycles. The molecule has 0 unspecified atom stereocenters. The van der Waals surface area contributed by atoms with Crippen LogP contribution in [0.25, 0.3) is 5.69 Å². The zero-order valence-corrected chi connectivity index (χ0v) is 7.33. The Morgan fingerprint density at radius 2 is 2.36 bits per heavy atom. The summed E-state index contributed by atoms with van der Waals surface area (Å²) in [4.78, 5) is 14.1. The Labute approximate surface area is 80.8 Å². The van der Waals surface area contributed by atoms with Gasteiger partial charge in [0.05, 0.1) is 18.1 Å². The van der Waals surface area contributed by atoms with Crippen molar-refractivity contribution in [3.63, 3.8) is 0 Å². The predicted molar refractivity (Wildman–Crippen MR) is 50.3 cm³/mol. The van der Waals surface area contributed by atoms with E-state index in [1.54, 1.807) is 30.9 Å². The second-order valence-electron chi connectivity index (χ2n) is 2.68. The molecule has 4 nitrogen and oxygen atoms in total. The van der Waals surface area contributed by atoms with Crippen LogP contribution in [-0.2, 0) is 4.79 Å². The summed E-state index contributed by atoms with van der Waals surface area (Å²) < 4.78 is 6.51. The van der Waals surface area contributed by atoms with Crippen LogP contribution in [0.4, 0.5) is 0 Å². The quantitative estimate of drug-likeness (QED) is 0.684. The molecule has 0 radical (unpaired) electrons. The van der Waals surface area contributed by atoms with Crippen LogP contribution in [-0.4, -0.2) is 16.0 Å². The summed E-state index contributed by atoms with van der Waals surface area (Å²) in [5, 5.41) is 0. The van der Waals surface area contributed by atoms with Gasteiger partial charge in [-0.1, -0.05) is 0 Å². The maximum Gasteiger partial charge on any atom is 0.298 e. The third kappa shape index (κ3) is 1.64. The molecule has 70 valence electrons. The van der Waals surface area contributed by atoms with Gasteiger partial charge in [-0.2, -0.15) is 0 Å². The third-order valence-electron chi connectivity index (χ3n) is 1.79. The van der Waals surface area contributed by atoms with Crippen molar-refractivity contribution in [2.75, 3.05) is 0 Å². The molecule has 0 aliphatic heterocycles. The topological polar surface area (TPSA) is 44.1 Å². The molecule has 0 aliphatic carbocycles. The zero-order chi connectivity index (χ0) is 9.80. The number of rotatable bonds is 3. The van der Waals surface area contributed by atoms with E-state index in [-0.39, 0.29) is 0 Å². The van der Waals surface area contributed by atoms with E-state index in [2.05, 4.69) is 9.72 Å². The van der Waals surface area contributed by atoms with Gasteiger partial charge >= 0.3 is 0 Å². The SMILES string of the molecule is O=COc1ccn(-c2cccnc2)c1. The number of nitrogens with zero attached hydrogens (tertiary/aromatic N) is 2. The third-order valence-corrected chi connectivity index (χ3v) is 1.79. The number of ether oxygens (including phenoxy) is 1. The van der Waals surface area contributed by atoms with Crippen LogP contribution in [0.3, 0.4) is 0 Å². The largest absolute Gasteiger partial charge is 0.427 e. The number of hydrogen-bond donors (Lipinski definition) is 0. The predicted octanol–water partition coefficient (Wildman–Crippen LogP) is 1.41. The van der Waals surface area contributed by atoms with Gasteiger partial charge in [-0.3, -0.25) is 9.78 Å². The smallest absolute Gasteiger partial charge is 0.298 e. The highest BCUT2D eigenvalue weighted by Gasteiger charge is 1.98. The van der Waals surface area contributed by atoms with Crippen LogP contribution >= 0.6 is 0 Å². The molecule has 2 aromatic heterocycles. The second kappa shape index (κ2) is 3.74. The molecule has 0 fully saturated rings. The van der Waals surface area contributed by atoms with Crippen LogP contribution in [0.2, 0.25) is 0 Å². The van der Waals surface area contributed by atoms with Crippen molar-refractivity contribution in [3.8, 4) is 11.4 Å². The van der Waals surface area contributed by atoms with Gasteiger partial charge in [-0.25, -0.2) is 0 Å². The zero-order valence-electron chi connectivity index (χ0n) is 7.33. The Balaban J connectivity index is 2.29. The fraction of sp³-hybridized carbons (Fsp3) is 0. The average Bonchev–Trinajstić information content (AvgIpc) is 2.68. The molecule has 2 heterocycles. The van der Waals surface area contributed by atoms with Crippen LogP contribution in [0.5, 0.6) is 5.75 Å². The molecule has 4 heteroatoms. The molecule has 14 heavy (non-hydrogen) atoms. The van der Waals surface area contributed by atoms with Gasteiger partial charge in [0.25, 0.3) is 6.47 Å². The number of pyridine rings is 1. The van der Waals surface area contributed by atoms with Gasteiger partial charge in [0.15, 0.2) is 0 Å². The summed E-state index contributed by atoms with van der Waals surface area (Å²) in [6.45, 7) is 0.406. The van der Waals surface area contributed by atoms with E-state index in [1.807, 2.05) is 16.7 Å². The molecular weight excluding hydrogens is 180 g/mol. The minimum Gasteiger partial charge on any atom is -0.427 e. The van der Waals surface area contributed by atoms with Crippen molar-refractivity contribution in [3.05, 3.63) is 43.0 Å². The van der Waals surface area contributed by atoms with E-state index in [0.717, 1.165) is 5.69 Å². The Bertz CT molecular complexity index is 423. The molecule has 0 bridgehead atoms. The first kappa shape index (κ1) is 8.50. The normalized spacial score (nSPS) is 9.71. The molecule has 0 N–H and O–H groups in total. The minimum absolute atomic E-state index is 0.406. The highest BCUT2D eigenvalue weighted by molar-refractivity contribution is 5.45. The van der Waals surface area contributed by atoms with E-state index in [1.165, 1.54) is 0 Å². The number of hydrogen-bond acceptors (Lipinski definition) is 3. The molecule has 2 aromatic rings. The van der Waals surface area contributed by atoms with E-state index in [0.29, 0.717) is 12.2 Å². The fourth-order valence-electron chi connectivity index (χ4n) is 1.17. The van der Waals surface area contributed by atoms with E-state index >= 15 is 0 Å².